The van der Waals surface area contributed by atoms with Crippen LogP contribution >= 0.6 is 15.9 Å². The van der Waals surface area contributed by atoms with Crippen molar-refractivity contribution in [1.29, 1.82) is 0 Å². The topological polar surface area (TPSA) is 0 Å². The zero-order chi connectivity index (χ0) is 14.4. The highest BCUT2D eigenvalue weighted by atomic mass is 79.9. The molecule has 20 heavy (non-hydrogen) atoms. The van der Waals surface area contributed by atoms with E-state index >= 15 is 0 Å². The summed E-state index contributed by atoms with van der Waals surface area (Å²) in [6, 6.07) is 19.7. The van der Waals surface area contributed by atoms with E-state index < -0.39 is 0 Å². The Hall–Kier alpha value is -1.08. The number of hydrogen-bond donors (Lipinski definition) is 0. The Balaban J connectivity index is 2.03. The molecule has 0 heterocycles. The van der Waals surface area contributed by atoms with E-state index in [0.717, 1.165) is 6.42 Å². The van der Waals surface area contributed by atoms with Crippen LogP contribution in [0.3, 0.4) is 0 Å². The minimum absolute atomic E-state index is 0.466. The summed E-state index contributed by atoms with van der Waals surface area (Å²) in [4.78, 5) is 0.466. The van der Waals surface area contributed by atoms with Crippen molar-refractivity contribution >= 4 is 15.9 Å². The summed E-state index contributed by atoms with van der Waals surface area (Å²) in [5.74, 6) is 0.681. The maximum Gasteiger partial charge on any atom is 0.0420 e. The molecule has 2 aromatic carbocycles. The van der Waals surface area contributed by atoms with Crippen LogP contribution in [-0.2, 0) is 6.42 Å². The fourth-order valence-electron chi connectivity index (χ4n) is 2.58. The van der Waals surface area contributed by atoms with Gasteiger partial charge in [-0.25, -0.2) is 0 Å². The summed E-state index contributed by atoms with van der Waals surface area (Å²) in [6.07, 6.45) is 3.52. The van der Waals surface area contributed by atoms with Crippen molar-refractivity contribution in [3.63, 3.8) is 0 Å². The van der Waals surface area contributed by atoms with Gasteiger partial charge in [-0.2, -0.15) is 0 Å². The van der Waals surface area contributed by atoms with Crippen LogP contribution in [0.15, 0.2) is 54.6 Å². The Morgan fingerprint density at radius 1 is 0.900 bits per heavy atom. The van der Waals surface area contributed by atoms with Crippen molar-refractivity contribution in [1.82, 2.24) is 0 Å². The molecule has 2 unspecified atom stereocenters. The average molecular weight is 331 g/mol. The highest BCUT2D eigenvalue weighted by Crippen LogP contribution is 2.33. The predicted molar refractivity (Wildman–Crippen MR) is 91.4 cm³/mol. The highest BCUT2D eigenvalue weighted by Gasteiger charge is 2.15. The lowest BCUT2D eigenvalue weighted by Crippen LogP contribution is -2.03. The SMILES string of the molecule is CCCC(C)C(Br)c1ccc(Cc2ccccc2)cc1. The molecule has 0 bridgehead atoms. The monoisotopic (exact) mass is 330 g/mol. The molecule has 2 aromatic rings. The zero-order valence-electron chi connectivity index (χ0n) is 12.4. The second-order valence-electron chi connectivity index (χ2n) is 5.57. The number of hydrogen-bond acceptors (Lipinski definition) is 0. The Labute approximate surface area is 131 Å². The molecule has 0 spiro atoms. The molecule has 2 rings (SSSR count). The van der Waals surface area contributed by atoms with E-state index in [1.807, 2.05) is 0 Å². The van der Waals surface area contributed by atoms with Gasteiger partial charge in [0.05, 0.1) is 0 Å². The van der Waals surface area contributed by atoms with Crippen molar-refractivity contribution in [2.45, 2.75) is 37.9 Å². The lowest BCUT2D eigenvalue weighted by Gasteiger charge is -2.18. The number of alkyl halides is 1. The molecule has 0 fully saturated rings. The second-order valence-corrected chi connectivity index (χ2v) is 6.56. The molecule has 0 aliphatic carbocycles. The Bertz CT molecular complexity index is 501. The van der Waals surface area contributed by atoms with E-state index in [4.69, 9.17) is 0 Å². The van der Waals surface area contributed by atoms with Gasteiger partial charge in [0.2, 0.25) is 0 Å². The summed E-state index contributed by atoms with van der Waals surface area (Å²) in [5, 5.41) is 0. The summed E-state index contributed by atoms with van der Waals surface area (Å²) in [5.41, 5.74) is 4.14. The van der Waals surface area contributed by atoms with E-state index in [2.05, 4.69) is 84.4 Å². The zero-order valence-corrected chi connectivity index (χ0v) is 13.9. The maximum atomic E-state index is 3.84. The number of rotatable bonds is 6. The molecule has 0 aliphatic rings. The van der Waals surface area contributed by atoms with E-state index in [1.54, 1.807) is 0 Å². The molecule has 1 heteroatoms. The van der Waals surface area contributed by atoms with E-state index in [1.165, 1.54) is 29.5 Å². The minimum atomic E-state index is 0.466. The van der Waals surface area contributed by atoms with Crippen LogP contribution in [0.2, 0.25) is 0 Å². The van der Waals surface area contributed by atoms with Crippen LogP contribution in [0, 0.1) is 5.92 Å². The number of halogens is 1. The molecule has 0 aromatic heterocycles. The molecule has 0 nitrogen and oxygen atoms in total. The normalized spacial score (nSPS) is 13.9. The third-order valence-corrected chi connectivity index (χ3v) is 5.22. The first-order valence-electron chi connectivity index (χ1n) is 7.47. The minimum Gasteiger partial charge on any atom is -0.0836 e. The van der Waals surface area contributed by atoms with Crippen molar-refractivity contribution in [3.05, 3.63) is 71.3 Å². The van der Waals surface area contributed by atoms with Gasteiger partial charge in [-0.3, -0.25) is 0 Å². The van der Waals surface area contributed by atoms with E-state index in [-0.39, 0.29) is 0 Å². The van der Waals surface area contributed by atoms with Crippen molar-refractivity contribution in [2.75, 3.05) is 0 Å². The third-order valence-electron chi connectivity index (χ3n) is 3.79. The molecule has 0 saturated heterocycles. The Kier molecular flexibility index (Phi) is 5.85. The van der Waals surface area contributed by atoms with Gasteiger partial charge in [-0.1, -0.05) is 90.8 Å². The molecular weight excluding hydrogens is 308 g/mol. The molecule has 0 N–H and O–H groups in total. The summed E-state index contributed by atoms with van der Waals surface area (Å²) in [6.45, 7) is 4.57. The van der Waals surface area contributed by atoms with Crippen LogP contribution in [0.1, 0.15) is 48.2 Å². The number of benzene rings is 2. The molecule has 2 atom stereocenters. The third kappa shape index (κ3) is 4.21. The first-order valence-corrected chi connectivity index (χ1v) is 8.39. The van der Waals surface area contributed by atoms with Gasteiger partial charge in [-0.05, 0) is 35.4 Å². The predicted octanol–water partition coefficient (Wildman–Crippen LogP) is 6.15. The summed E-state index contributed by atoms with van der Waals surface area (Å²) in [7, 11) is 0. The standard InChI is InChI=1S/C19H23Br/c1-3-7-15(2)19(20)18-12-10-17(11-13-18)14-16-8-5-4-6-9-16/h4-6,8-13,15,19H,3,7,14H2,1-2H3. The smallest absolute Gasteiger partial charge is 0.0420 e. The van der Waals surface area contributed by atoms with Crippen LogP contribution in [0.5, 0.6) is 0 Å². The van der Waals surface area contributed by atoms with Crippen molar-refractivity contribution in [2.24, 2.45) is 5.92 Å². The molecule has 0 amide bonds. The van der Waals surface area contributed by atoms with Gasteiger partial charge in [0.1, 0.15) is 0 Å². The first-order chi connectivity index (χ1) is 9.70. The fourth-order valence-corrected chi connectivity index (χ4v) is 3.15. The quantitative estimate of drug-likeness (QED) is 0.557. The summed E-state index contributed by atoms with van der Waals surface area (Å²) < 4.78 is 0. The molecule has 106 valence electrons. The molecule has 0 saturated carbocycles. The van der Waals surface area contributed by atoms with Gasteiger partial charge in [0.25, 0.3) is 0 Å². The van der Waals surface area contributed by atoms with E-state index in [9.17, 15) is 0 Å². The van der Waals surface area contributed by atoms with Gasteiger partial charge in [0, 0.05) is 4.83 Å². The Morgan fingerprint density at radius 2 is 1.50 bits per heavy atom. The highest BCUT2D eigenvalue weighted by molar-refractivity contribution is 9.09. The fraction of sp³-hybridized carbons (Fsp3) is 0.368. The largest absolute Gasteiger partial charge is 0.0836 e. The maximum absolute atomic E-state index is 3.84. The molecule has 0 radical (unpaired) electrons. The van der Waals surface area contributed by atoms with Crippen molar-refractivity contribution in [3.8, 4) is 0 Å². The Morgan fingerprint density at radius 3 is 2.10 bits per heavy atom. The van der Waals surface area contributed by atoms with Gasteiger partial charge in [0.15, 0.2) is 0 Å². The molecule has 0 aliphatic heterocycles. The lowest BCUT2D eigenvalue weighted by molar-refractivity contribution is 0.518. The first kappa shape index (κ1) is 15.3. The average Bonchev–Trinajstić information content (AvgIpc) is 2.48. The van der Waals surface area contributed by atoms with Crippen LogP contribution in [0.25, 0.3) is 0 Å². The van der Waals surface area contributed by atoms with Crippen LogP contribution < -0.4 is 0 Å². The van der Waals surface area contributed by atoms with Gasteiger partial charge < -0.3 is 0 Å². The van der Waals surface area contributed by atoms with Crippen LogP contribution in [0.4, 0.5) is 0 Å². The van der Waals surface area contributed by atoms with Crippen molar-refractivity contribution < 1.29 is 0 Å². The van der Waals surface area contributed by atoms with Gasteiger partial charge in [-0.15, -0.1) is 0 Å². The lowest BCUT2D eigenvalue weighted by atomic mass is 9.95. The van der Waals surface area contributed by atoms with Gasteiger partial charge >= 0.3 is 0 Å². The van der Waals surface area contributed by atoms with E-state index in [0.29, 0.717) is 10.7 Å². The molecular formula is C19H23Br. The second kappa shape index (κ2) is 7.64. The summed E-state index contributed by atoms with van der Waals surface area (Å²) >= 11 is 3.84. The van der Waals surface area contributed by atoms with Crippen LogP contribution in [-0.4, -0.2) is 0 Å².